The molecule has 5 heteroatoms. The quantitative estimate of drug-likeness (QED) is 0.796. The molecule has 0 radical (unpaired) electrons. The monoisotopic (exact) mass is 235 g/mol. The molecule has 1 unspecified atom stereocenters. The second-order valence-corrected chi connectivity index (χ2v) is 4.01. The molecule has 0 saturated heterocycles. The first-order chi connectivity index (χ1) is 7.68. The van der Waals surface area contributed by atoms with Gasteiger partial charge in [-0.2, -0.15) is 0 Å². The largest absolute Gasteiger partial charge is 0.385 e. The van der Waals surface area contributed by atoms with E-state index in [1.165, 1.54) is 0 Å². The van der Waals surface area contributed by atoms with Gasteiger partial charge >= 0.3 is 0 Å². The van der Waals surface area contributed by atoms with Crippen molar-refractivity contribution in [3.63, 3.8) is 0 Å². The number of nitrogens with zero attached hydrogens (tertiary/aromatic N) is 3. The molecule has 1 aromatic heterocycles. The second-order valence-electron chi connectivity index (χ2n) is 3.61. The molecular formula is C11H13N3OS. The van der Waals surface area contributed by atoms with Gasteiger partial charge < -0.3 is 5.11 Å². The number of aliphatic hydroxyl groups excluding tert-OH is 1. The van der Waals surface area contributed by atoms with E-state index in [0.29, 0.717) is 17.5 Å². The van der Waals surface area contributed by atoms with E-state index in [4.69, 9.17) is 0 Å². The van der Waals surface area contributed by atoms with Gasteiger partial charge in [0, 0.05) is 0 Å². The normalized spacial score (nSPS) is 12.7. The van der Waals surface area contributed by atoms with Gasteiger partial charge in [-0.1, -0.05) is 30.3 Å². The highest BCUT2D eigenvalue weighted by Gasteiger charge is 2.13. The molecule has 84 valence electrons. The summed E-state index contributed by atoms with van der Waals surface area (Å²) in [4.78, 5) is 0. The second kappa shape index (κ2) is 4.67. The van der Waals surface area contributed by atoms with Crippen molar-refractivity contribution in [2.24, 2.45) is 0 Å². The molecular weight excluding hydrogens is 222 g/mol. The van der Waals surface area contributed by atoms with Crippen LogP contribution < -0.4 is 0 Å². The molecule has 0 aliphatic carbocycles. The first kappa shape index (κ1) is 11.2. The van der Waals surface area contributed by atoms with Crippen molar-refractivity contribution in [3.8, 4) is 0 Å². The maximum absolute atomic E-state index is 9.54. The SMILES string of the molecule is CC(O)c1nnc(S)n1Cc1ccccc1. The zero-order valence-corrected chi connectivity index (χ0v) is 9.80. The van der Waals surface area contributed by atoms with Gasteiger partial charge in [0.1, 0.15) is 6.10 Å². The van der Waals surface area contributed by atoms with Crippen molar-refractivity contribution in [1.29, 1.82) is 0 Å². The zero-order chi connectivity index (χ0) is 11.5. The summed E-state index contributed by atoms with van der Waals surface area (Å²) < 4.78 is 1.79. The lowest BCUT2D eigenvalue weighted by molar-refractivity contribution is 0.183. The predicted molar refractivity (Wildman–Crippen MR) is 63.5 cm³/mol. The Morgan fingerprint density at radius 3 is 2.62 bits per heavy atom. The summed E-state index contributed by atoms with van der Waals surface area (Å²) in [7, 11) is 0. The summed E-state index contributed by atoms with van der Waals surface area (Å²) >= 11 is 4.22. The van der Waals surface area contributed by atoms with Crippen LogP contribution in [0.2, 0.25) is 0 Å². The number of rotatable bonds is 3. The van der Waals surface area contributed by atoms with Gasteiger partial charge in [0.15, 0.2) is 11.0 Å². The van der Waals surface area contributed by atoms with E-state index < -0.39 is 6.10 Å². The minimum absolute atomic E-state index is 0.514. The van der Waals surface area contributed by atoms with E-state index in [9.17, 15) is 5.11 Å². The fourth-order valence-electron chi connectivity index (χ4n) is 1.53. The number of aliphatic hydroxyl groups is 1. The third-order valence-electron chi connectivity index (χ3n) is 2.32. The smallest absolute Gasteiger partial charge is 0.188 e. The van der Waals surface area contributed by atoms with Crippen molar-refractivity contribution < 1.29 is 5.11 Å². The topological polar surface area (TPSA) is 50.9 Å². The van der Waals surface area contributed by atoms with Gasteiger partial charge in [-0.25, -0.2) is 0 Å². The Bertz CT molecular complexity index is 467. The number of hydrogen-bond donors (Lipinski definition) is 2. The summed E-state index contributed by atoms with van der Waals surface area (Å²) in [5, 5.41) is 17.8. The van der Waals surface area contributed by atoms with Crippen LogP contribution in [0.1, 0.15) is 24.4 Å². The van der Waals surface area contributed by atoms with Gasteiger partial charge in [-0.05, 0) is 12.5 Å². The fraction of sp³-hybridized carbons (Fsp3) is 0.273. The lowest BCUT2D eigenvalue weighted by Crippen LogP contribution is -2.08. The van der Waals surface area contributed by atoms with Crippen LogP contribution in [0.5, 0.6) is 0 Å². The van der Waals surface area contributed by atoms with E-state index in [1.807, 2.05) is 30.3 Å². The number of hydrogen-bond acceptors (Lipinski definition) is 4. The number of benzene rings is 1. The molecule has 0 spiro atoms. The van der Waals surface area contributed by atoms with E-state index >= 15 is 0 Å². The molecule has 1 N–H and O–H groups in total. The zero-order valence-electron chi connectivity index (χ0n) is 8.91. The highest BCUT2D eigenvalue weighted by Crippen LogP contribution is 2.15. The number of aromatic nitrogens is 3. The fourth-order valence-corrected chi connectivity index (χ4v) is 1.75. The Kier molecular flexibility index (Phi) is 3.26. The van der Waals surface area contributed by atoms with Gasteiger partial charge in [-0.15, -0.1) is 22.8 Å². The molecule has 1 atom stereocenters. The lowest BCUT2D eigenvalue weighted by Gasteiger charge is -2.09. The summed E-state index contributed by atoms with van der Waals surface area (Å²) in [6, 6.07) is 9.94. The molecule has 4 nitrogen and oxygen atoms in total. The van der Waals surface area contributed by atoms with Crippen LogP contribution in [0.4, 0.5) is 0 Å². The minimum Gasteiger partial charge on any atom is -0.385 e. The van der Waals surface area contributed by atoms with Gasteiger partial charge in [0.25, 0.3) is 0 Å². The van der Waals surface area contributed by atoms with Gasteiger partial charge in [0.2, 0.25) is 0 Å². The van der Waals surface area contributed by atoms with E-state index in [2.05, 4.69) is 22.8 Å². The Labute approximate surface area is 99.4 Å². The maximum Gasteiger partial charge on any atom is 0.188 e. The third-order valence-corrected chi connectivity index (χ3v) is 2.65. The summed E-state index contributed by atoms with van der Waals surface area (Å²) in [6.45, 7) is 2.28. The Morgan fingerprint density at radius 1 is 1.31 bits per heavy atom. The van der Waals surface area contributed by atoms with Crippen LogP contribution in [0.3, 0.4) is 0 Å². The Balaban J connectivity index is 2.31. The van der Waals surface area contributed by atoms with E-state index in [0.717, 1.165) is 5.56 Å². The molecule has 1 aromatic carbocycles. The van der Waals surface area contributed by atoms with Crippen LogP contribution >= 0.6 is 12.6 Å². The molecule has 0 aliphatic rings. The highest BCUT2D eigenvalue weighted by molar-refractivity contribution is 7.80. The molecule has 2 aromatic rings. The van der Waals surface area contributed by atoms with Crippen molar-refractivity contribution in [1.82, 2.24) is 14.8 Å². The molecule has 0 fully saturated rings. The van der Waals surface area contributed by atoms with Crippen molar-refractivity contribution in [2.75, 3.05) is 0 Å². The van der Waals surface area contributed by atoms with Gasteiger partial charge in [-0.3, -0.25) is 4.57 Å². The third kappa shape index (κ3) is 2.25. The molecule has 2 rings (SSSR count). The summed E-state index contributed by atoms with van der Waals surface area (Å²) in [5.74, 6) is 0.536. The molecule has 0 saturated carbocycles. The van der Waals surface area contributed by atoms with Crippen LogP contribution in [0.15, 0.2) is 35.5 Å². The lowest BCUT2D eigenvalue weighted by atomic mass is 10.2. The van der Waals surface area contributed by atoms with Crippen LogP contribution in [0, 0.1) is 0 Å². The molecule has 0 bridgehead atoms. The minimum atomic E-state index is -0.642. The van der Waals surface area contributed by atoms with E-state index in [-0.39, 0.29) is 0 Å². The Hall–Kier alpha value is -1.33. The molecule has 0 amide bonds. The maximum atomic E-state index is 9.54. The number of thiol groups is 1. The van der Waals surface area contributed by atoms with Gasteiger partial charge in [0.05, 0.1) is 6.54 Å². The van der Waals surface area contributed by atoms with Crippen LogP contribution in [0.25, 0.3) is 0 Å². The Morgan fingerprint density at radius 2 is 2.00 bits per heavy atom. The molecule has 0 aliphatic heterocycles. The van der Waals surface area contributed by atoms with Crippen molar-refractivity contribution >= 4 is 12.6 Å². The first-order valence-corrected chi connectivity index (χ1v) is 5.47. The molecule has 1 heterocycles. The average molecular weight is 235 g/mol. The van der Waals surface area contributed by atoms with Crippen molar-refractivity contribution in [2.45, 2.75) is 24.7 Å². The highest BCUT2D eigenvalue weighted by atomic mass is 32.1. The van der Waals surface area contributed by atoms with Crippen LogP contribution in [-0.2, 0) is 6.54 Å². The predicted octanol–water partition coefficient (Wildman–Crippen LogP) is 1.67. The van der Waals surface area contributed by atoms with Crippen molar-refractivity contribution in [3.05, 3.63) is 41.7 Å². The van der Waals surface area contributed by atoms with Crippen LogP contribution in [-0.4, -0.2) is 19.9 Å². The average Bonchev–Trinajstić information content (AvgIpc) is 2.62. The summed E-state index contributed by atoms with van der Waals surface area (Å²) in [6.07, 6.45) is -0.642. The molecule has 16 heavy (non-hydrogen) atoms. The standard InChI is InChI=1S/C11H13N3OS/c1-8(15)10-12-13-11(16)14(10)7-9-5-3-2-4-6-9/h2-6,8,15H,7H2,1H3,(H,13,16). The first-order valence-electron chi connectivity index (χ1n) is 5.02. The summed E-state index contributed by atoms with van der Waals surface area (Å²) in [5.41, 5.74) is 1.12. The van der Waals surface area contributed by atoms with E-state index in [1.54, 1.807) is 11.5 Å².